The molecule has 3 aromatic carbocycles. The number of fused-ring (bicyclic) bond motifs is 1. The van der Waals surface area contributed by atoms with Gasteiger partial charge in [0.15, 0.2) is 0 Å². The van der Waals surface area contributed by atoms with Crippen molar-refractivity contribution in [2.75, 3.05) is 22.5 Å². The van der Waals surface area contributed by atoms with Crippen LogP contribution in [0.1, 0.15) is 15.9 Å². The van der Waals surface area contributed by atoms with Crippen LogP contribution in [0.25, 0.3) is 0 Å². The highest BCUT2D eigenvalue weighted by molar-refractivity contribution is 8.00. The summed E-state index contributed by atoms with van der Waals surface area (Å²) in [6, 6.07) is 19.6. The van der Waals surface area contributed by atoms with Crippen LogP contribution in [0, 0.1) is 0 Å². The smallest absolute Gasteiger partial charge is 0.406 e. The largest absolute Gasteiger partial charge is 0.573 e. The first-order valence-electron chi connectivity index (χ1n) is 10.1. The van der Waals surface area contributed by atoms with Crippen molar-refractivity contribution >= 4 is 35.0 Å². The first kappa shape index (κ1) is 22.7. The summed E-state index contributed by atoms with van der Waals surface area (Å²) in [4.78, 5) is 28.0. The number of para-hydroxylation sites is 1. The number of amides is 2. The Bertz CT molecular complexity index is 1170. The van der Waals surface area contributed by atoms with Gasteiger partial charge in [0.05, 0.1) is 11.3 Å². The lowest BCUT2D eigenvalue weighted by Gasteiger charge is -2.17. The van der Waals surface area contributed by atoms with Crippen LogP contribution in [0.3, 0.4) is 0 Å². The van der Waals surface area contributed by atoms with Gasteiger partial charge < -0.3 is 15.0 Å². The lowest BCUT2D eigenvalue weighted by molar-refractivity contribution is -0.274. The fourth-order valence-electron chi connectivity index (χ4n) is 3.53. The van der Waals surface area contributed by atoms with E-state index in [1.54, 1.807) is 29.2 Å². The number of carbonyl (C=O) groups excluding carboxylic acids is 2. The second-order valence-electron chi connectivity index (χ2n) is 7.24. The molecule has 0 aromatic heterocycles. The zero-order valence-corrected chi connectivity index (χ0v) is 18.1. The van der Waals surface area contributed by atoms with Gasteiger partial charge in [0.2, 0.25) is 5.91 Å². The van der Waals surface area contributed by atoms with Crippen molar-refractivity contribution in [3.63, 3.8) is 0 Å². The van der Waals surface area contributed by atoms with Crippen LogP contribution in [-0.2, 0) is 11.2 Å². The number of thioether (sulfide) groups is 1. The van der Waals surface area contributed by atoms with Gasteiger partial charge in [0.1, 0.15) is 5.75 Å². The molecule has 0 spiro atoms. The molecule has 2 amide bonds. The summed E-state index contributed by atoms with van der Waals surface area (Å²) in [5.74, 6) is -0.678. The number of nitrogens with one attached hydrogen (secondary N) is 1. The summed E-state index contributed by atoms with van der Waals surface area (Å²) in [6.45, 7) is 0.634. The third-order valence-electron chi connectivity index (χ3n) is 5.02. The highest BCUT2D eigenvalue weighted by Crippen LogP contribution is 2.30. The number of hydrogen-bond donors (Lipinski definition) is 1. The van der Waals surface area contributed by atoms with E-state index in [0.29, 0.717) is 22.7 Å². The van der Waals surface area contributed by atoms with Crippen LogP contribution >= 0.6 is 11.8 Å². The molecule has 1 aliphatic rings. The number of hydrogen-bond acceptors (Lipinski definition) is 4. The van der Waals surface area contributed by atoms with Gasteiger partial charge in [0.25, 0.3) is 5.91 Å². The topological polar surface area (TPSA) is 58.6 Å². The molecule has 0 saturated heterocycles. The summed E-state index contributed by atoms with van der Waals surface area (Å²) < 4.78 is 40.7. The van der Waals surface area contributed by atoms with Gasteiger partial charge in [-0.05, 0) is 54.4 Å². The molecule has 1 heterocycles. The first-order valence-corrected chi connectivity index (χ1v) is 11.1. The molecule has 170 valence electrons. The summed E-state index contributed by atoms with van der Waals surface area (Å²) in [6.07, 6.45) is -3.96. The van der Waals surface area contributed by atoms with Crippen molar-refractivity contribution in [2.24, 2.45) is 0 Å². The van der Waals surface area contributed by atoms with E-state index in [-0.39, 0.29) is 17.4 Å². The Morgan fingerprint density at radius 2 is 1.67 bits per heavy atom. The van der Waals surface area contributed by atoms with Crippen LogP contribution in [0.4, 0.5) is 24.5 Å². The fourth-order valence-corrected chi connectivity index (χ4v) is 4.46. The Morgan fingerprint density at radius 3 is 2.42 bits per heavy atom. The highest BCUT2D eigenvalue weighted by Gasteiger charge is 2.31. The van der Waals surface area contributed by atoms with E-state index in [2.05, 4.69) is 10.1 Å². The molecular weight excluding hydrogens is 453 g/mol. The number of carbonyl (C=O) groups is 2. The van der Waals surface area contributed by atoms with Gasteiger partial charge in [-0.15, -0.1) is 24.9 Å². The van der Waals surface area contributed by atoms with E-state index in [4.69, 9.17) is 0 Å². The lowest BCUT2D eigenvalue weighted by atomic mass is 10.2. The number of alkyl halides is 3. The van der Waals surface area contributed by atoms with Gasteiger partial charge in [-0.3, -0.25) is 9.59 Å². The monoisotopic (exact) mass is 472 g/mol. The quantitative estimate of drug-likeness (QED) is 0.480. The van der Waals surface area contributed by atoms with Crippen molar-refractivity contribution in [2.45, 2.75) is 17.7 Å². The number of anilines is 2. The average molecular weight is 472 g/mol. The maximum absolute atomic E-state index is 12.8. The zero-order valence-electron chi connectivity index (χ0n) is 17.3. The normalized spacial score (nSPS) is 12.9. The third kappa shape index (κ3) is 5.67. The standard InChI is InChI=1S/C24H19F3N2O3S/c25-24(26,27)32-18-11-9-17(10-12-18)28-23(31)19-6-2-4-8-21(19)33-15-22(30)29-14-13-16-5-1-3-7-20(16)29/h1-12H,13-15H2,(H,28,31). The molecule has 0 radical (unpaired) electrons. The minimum Gasteiger partial charge on any atom is -0.406 e. The van der Waals surface area contributed by atoms with Gasteiger partial charge in [-0.2, -0.15) is 0 Å². The number of ether oxygens (including phenoxy) is 1. The first-order chi connectivity index (χ1) is 15.8. The van der Waals surface area contributed by atoms with Gasteiger partial charge >= 0.3 is 6.36 Å². The summed E-state index contributed by atoms with van der Waals surface area (Å²) in [7, 11) is 0. The minimum atomic E-state index is -4.78. The molecule has 5 nitrogen and oxygen atoms in total. The number of benzene rings is 3. The molecule has 1 N–H and O–H groups in total. The minimum absolute atomic E-state index is 0.0413. The van der Waals surface area contributed by atoms with E-state index >= 15 is 0 Å². The molecule has 33 heavy (non-hydrogen) atoms. The molecule has 4 rings (SSSR count). The van der Waals surface area contributed by atoms with E-state index in [1.807, 2.05) is 24.3 Å². The second-order valence-corrected chi connectivity index (χ2v) is 8.25. The maximum atomic E-state index is 12.8. The van der Waals surface area contributed by atoms with Gasteiger partial charge in [-0.25, -0.2) is 0 Å². The Labute approximate surface area is 192 Å². The van der Waals surface area contributed by atoms with Crippen molar-refractivity contribution in [3.05, 3.63) is 83.9 Å². The summed E-state index contributed by atoms with van der Waals surface area (Å²) in [5.41, 5.74) is 2.75. The highest BCUT2D eigenvalue weighted by atomic mass is 32.2. The molecular formula is C24H19F3N2O3S. The van der Waals surface area contributed by atoms with Crippen LogP contribution in [0.5, 0.6) is 5.75 Å². The molecule has 9 heteroatoms. The van der Waals surface area contributed by atoms with Crippen molar-refractivity contribution in [1.29, 1.82) is 0 Å². The molecule has 1 aliphatic heterocycles. The number of halogens is 3. The maximum Gasteiger partial charge on any atom is 0.573 e. The van der Waals surface area contributed by atoms with Crippen molar-refractivity contribution in [1.82, 2.24) is 0 Å². The third-order valence-corrected chi connectivity index (χ3v) is 6.08. The summed E-state index contributed by atoms with van der Waals surface area (Å²) >= 11 is 1.27. The van der Waals surface area contributed by atoms with E-state index in [0.717, 1.165) is 29.8 Å². The lowest BCUT2D eigenvalue weighted by Crippen LogP contribution is -2.30. The predicted molar refractivity (Wildman–Crippen MR) is 121 cm³/mol. The molecule has 0 saturated carbocycles. The Hall–Kier alpha value is -3.46. The van der Waals surface area contributed by atoms with Gasteiger partial charge in [0, 0.05) is 22.8 Å². The fraction of sp³-hybridized carbons (Fsp3) is 0.167. The van der Waals surface area contributed by atoms with Crippen LogP contribution in [-0.4, -0.2) is 30.5 Å². The number of rotatable bonds is 6. The Kier molecular flexibility index (Phi) is 6.60. The van der Waals surface area contributed by atoms with Crippen molar-refractivity contribution < 1.29 is 27.5 Å². The van der Waals surface area contributed by atoms with Crippen molar-refractivity contribution in [3.8, 4) is 5.75 Å². The van der Waals surface area contributed by atoms with Gasteiger partial charge in [-0.1, -0.05) is 30.3 Å². The van der Waals surface area contributed by atoms with E-state index in [9.17, 15) is 22.8 Å². The molecule has 0 aliphatic carbocycles. The Balaban J connectivity index is 1.40. The van der Waals surface area contributed by atoms with Crippen LogP contribution < -0.4 is 15.0 Å². The van der Waals surface area contributed by atoms with Crippen LogP contribution in [0.15, 0.2) is 77.7 Å². The predicted octanol–water partition coefficient (Wildman–Crippen LogP) is 5.52. The molecule has 0 atom stereocenters. The Morgan fingerprint density at radius 1 is 0.970 bits per heavy atom. The average Bonchev–Trinajstić information content (AvgIpc) is 3.22. The second kappa shape index (κ2) is 9.58. The van der Waals surface area contributed by atoms with E-state index in [1.165, 1.54) is 23.9 Å². The summed E-state index contributed by atoms with van der Waals surface area (Å²) in [5, 5.41) is 2.66. The molecule has 3 aromatic rings. The van der Waals surface area contributed by atoms with E-state index < -0.39 is 12.3 Å². The SMILES string of the molecule is O=C(Nc1ccc(OC(F)(F)F)cc1)c1ccccc1SCC(=O)N1CCc2ccccc21. The molecule has 0 fully saturated rings. The molecule has 0 bridgehead atoms. The zero-order chi connectivity index (χ0) is 23.4. The van der Waals surface area contributed by atoms with Crippen LogP contribution in [0.2, 0.25) is 0 Å². The molecule has 0 unspecified atom stereocenters. The number of nitrogens with zero attached hydrogens (tertiary/aromatic N) is 1.